The zero-order valence-electron chi connectivity index (χ0n) is 8.89. The number of morpholine rings is 1. The minimum Gasteiger partial charge on any atom is -0.389 e. The first kappa shape index (κ1) is 10.4. The highest BCUT2D eigenvalue weighted by atomic mass is 16.5. The zero-order chi connectivity index (χ0) is 10.7. The van der Waals surface area contributed by atoms with Crippen LogP contribution in [0.4, 0.5) is 5.82 Å². The zero-order valence-corrected chi connectivity index (χ0v) is 8.89. The highest BCUT2D eigenvalue weighted by Gasteiger charge is 2.12. The van der Waals surface area contributed by atoms with E-state index in [9.17, 15) is 5.11 Å². The maximum Gasteiger partial charge on any atom is 0.128 e. The maximum absolute atomic E-state index is 9.35. The smallest absolute Gasteiger partial charge is 0.128 e. The van der Waals surface area contributed by atoms with Crippen molar-refractivity contribution in [1.29, 1.82) is 0 Å². The van der Waals surface area contributed by atoms with Crippen molar-refractivity contribution in [3.05, 3.63) is 23.9 Å². The van der Waals surface area contributed by atoms with Gasteiger partial charge in [-0.1, -0.05) is 6.07 Å². The number of aromatic nitrogens is 1. The quantitative estimate of drug-likeness (QED) is 0.786. The lowest BCUT2D eigenvalue weighted by atomic mass is 10.2. The Bertz CT molecular complexity index is 305. The molecule has 1 saturated heterocycles. The Labute approximate surface area is 89.5 Å². The molecule has 4 heteroatoms. The van der Waals surface area contributed by atoms with Gasteiger partial charge < -0.3 is 14.7 Å². The summed E-state index contributed by atoms with van der Waals surface area (Å²) in [6.45, 7) is 5.05. The van der Waals surface area contributed by atoms with E-state index in [1.165, 1.54) is 0 Å². The van der Waals surface area contributed by atoms with Crippen molar-refractivity contribution in [1.82, 2.24) is 4.98 Å². The second-order valence-corrected chi connectivity index (χ2v) is 3.73. The lowest BCUT2D eigenvalue weighted by Gasteiger charge is -2.27. The Morgan fingerprint density at radius 3 is 2.67 bits per heavy atom. The maximum atomic E-state index is 9.35. The van der Waals surface area contributed by atoms with Gasteiger partial charge in [0.15, 0.2) is 0 Å². The van der Waals surface area contributed by atoms with Gasteiger partial charge in [0.05, 0.1) is 19.3 Å². The summed E-state index contributed by atoms with van der Waals surface area (Å²) < 4.78 is 5.27. The molecule has 82 valence electrons. The highest BCUT2D eigenvalue weighted by Crippen LogP contribution is 2.16. The number of ether oxygens (including phenoxy) is 1. The van der Waals surface area contributed by atoms with Crippen LogP contribution in [-0.4, -0.2) is 36.4 Å². The molecule has 2 rings (SSSR count). The summed E-state index contributed by atoms with van der Waals surface area (Å²) >= 11 is 0. The summed E-state index contributed by atoms with van der Waals surface area (Å²) in [6.07, 6.45) is 1.28. The molecule has 2 heterocycles. The van der Waals surface area contributed by atoms with Crippen molar-refractivity contribution in [3.63, 3.8) is 0 Å². The SMILES string of the molecule is CC(O)c1ccc(N2CCOCC2)nc1. The van der Waals surface area contributed by atoms with Gasteiger partial charge in [-0.15, -0.1) is 0 Å². The third kappa shape index (κ3) is 2.46. The minimum atomic E-state index is -0.448. The van der Waals surface area contributed by atoms with Crippen LogP contribution in [0.2, 0.25) is 0 Å². The van der Waals surface area contributed by atoms with E-state index >= 15 is 0 Å². The van der Waals surface area contributed by atoms with Crippen LogP contribution in [0, 0.1) is 0 Å². The number of hydrogen-bond donors (Lipinski definition) is 1. The van der Waals surface area contributed by atoms with E-state index in [4.69, 9.17) is 4.74 Å². The molecule has 1 atom stereocenters. The van der Waals surface area contributed by atoms with Crippen molar-refractivity contribution < 1.29 is 9.84 Å². The van der Waals surface area contributed by atoms with Gasteiger partial charge in [-0.2, -0.15) is 0 Å². The van der Waals surface area contributed by atoms with Crippen LogP contribution in [-0.2, 0) is 4.74 Å². The number of hydrogen-bond acceptors (Lipinski definition) is 4. The number of rotatable bonds is 2. The van der Waals surface area contributed by atoms with Crippen LogP contribution in [0.5, 0.6) is 0 Å². The highest BCUT2D eigenvalue weighted by molar-refractivity contribution is 5.39. The molecule has 0 saturated carbocycles. The van der Waals surface area contributed by atoms with Gasteiger partial charge in [0.2, 0.25) is 0 Å². The molecule has 0 spiro atoms. The van der Waals surface area contributed by atoms with E-state index in [-0.39, 0.29) is 0 Å². The third-order valence-corrected chi connectivity index (χ3v) is 2.59. The second kappa shape index (κ2) is 4.59. The van der Waals surface area contributed by atoms with E-state index in [1.807, 2.05) is 12.1 Å². The van der Waals surface area contributed by atoms with Crippen LogP contribution in [0.25, 0.3) is 0 Å². The van der Waals surface area contributed by atoms with E-state index in [0.29, 0.717) is 0 Å². The topological polar surface area (TPSA) is 45.6 Å². The van der Waals surface area contributed by atoms with Crippen molar-refractivity contribution in [2.24, 2.45) is 0 Å². The largest absolute Gasteiger partial charge is 0.389 e. The van der Waals surface area contributed by atoms with Gasteiger partial charge in [-0.3, -0.25) is 0 Å². The van der Waals surface area contributed by atoms with E-state index in [0.717, 1.165) is 37.7 Å². The number of anilines is 1. The van der Waals surface area contributed by atoms with Gasteiger partial charge >= 0.3 is 0 Å². The molecule has 4 nitrogen and oxygen atoms in total. The summed E-state index contributed by atoms with van der Waals surface area (Å²) in [6, 6.07) is 3.87. The second-order valence-electron chi connectivity index (χ2n) is 3.73. The minimum absolute atomic E-state index is 0.448. The fourth-order valence-electron chi connectivity index (χ4n) is 1.62. The Morgan fingerprint density at radius 1 is 1.40 bits per heavy atom. The standard InChI is InChI=1S/C11H16N2O2/c1-9(14)10-2-3-11(12-8-10)13-4-6-15-7-5-13/h2-3,8-9,14H,4-7H2,1H3. The fraction of sp³-hybridized carbons (Fsp3) is 0.545. The van der Waals surface area contributed by atoms with Crippen LogP contribution >= 0.6 is 0 Å². The van der Waals surface area contributed by atoms with E-state index in [2.05, 4.69) is 9.88 Å². The Balaban J connectivity index is 2.08. The van der Waals surface area contributed by atoms with Crippen molar-refractivity contribution in [2.45, 2.75) is 13.0 Å². The number of aliphatic hydroxyl groups is 1. The number of pyridine rings is 1. The summed E-state index contributed by atoms with van der Waals surface area (Å²) in [7, 11) is 0. The normalized spacial score (nSPS) is 18.9. The molecule has 0 aromatic carbocycles. The average molecular weight is 208 g/mol. The van der Waals surface area contributed by atoms with Gasteiger partial charge in [-0.25, -0.2) is 4.98 Å². The molecule has 1 unspecified atom stereocenters. The first-order chi connectivity index (χ1) is 7.27. The molecule has 1 aliphatic heterocycles. The van der Waals surface area contributed by atoms with E-state index in [1.54, 1.807) is 13.1 Å². The molecule has 1 aromatic heterocycles. The Hall–Kier alpha value is -1.13. The van der Waals surface area contributed by atoms with Crippen LogP contribution in [0.1, 0.15) is 18.6 Å². The lowest BCUT2D eigenvalue weighted by Crippen LogP contribution is -2.36. The Kier molecular flexibility index (Phi) is 3.18. The molecule has 0 amide bonds. The summed E-state index contributed by atoms with van der Waals surface area (Å²) in [5.41, 5.74) is 0.854. The van der Waals surface area contributed by atoms with Crippen molar-refractivity contribution >= 4 is 5.82 Å². The first-order valence-electron chi connectivity index (χ1n) is 5.24. The lowest BCUT2D eigenvalue weighted by molar-refractivity contribution is 0.122. The molecule has 1 aliphatic rings. The van der Waals surface area contributed by atoms with Gasteiger partial charge in [0.25, 0.3) is 0 Å². The molecule has 0 radical (unpaired) electrons. The number of aliphatic hydroxyl groups excluding tert-OH is 1. The third-order valence-electron chi connectivity index (χ3n) is 2.59. The molecule has 1 fully saturated rings. The summed E-state index contributed by atoms with van der Waals surface area (Å²) in [5.74, 6) is 0.961. The molecular formula is C11H16N2O2. The predicted molar refractivity (Wildman–Crippen MR) is 57.9 cm³/mol. The van der Waals surface area contributed by atoms with Gasteiger partial charge in [0.1, 0.15) is 5.82 Å². The molecule has 15 heavy (non-hydrogen) atoms. The van der Waals surface area contributed by atoms with Crippen LogP contribution < -0.4 is 4.90 Å². The van der Waals surface area contributed by atoms with Crippen molar-refractivity contribution in [3.8, 4) is 0 Å². The number of nitrogens with zero attached hydrogens (tertiary/aromatic N) is 2. The van der Waals surface area contributed by atoms with Gasteiger partial charge in [-0.05, 0) is 18.6 Å². The van der Waals surface area contributed by atoms with Crippen molar-refractivity contribution in [2.75, 3.05) is 31.2 Å². The predicted octanol–water partition coefficient (Wildman–Crippen LogP) is 0.972. The molecule has 1 aromatic rings. The monoisotopic (exact) mass is 208 g/mol. The molecule has 0 bridgehead atoms. The fourth-order valence-corrected chi connectivity index (χ4v) is 1.62. The Morgan fingerprint density at radius 2 is 2.13 bits per heavy atom. The summed E-state index contributed by atoms with van der Waals surface area (Å²) in [4.78, 5) is 6.52. The average Bonchev–Trinajstić information content (AvgIpc) is 2.30. The molecule has 0 aliphatic carbocycles. The van der Waals surface area contributed by atoms with E-state index < -0.39 is 6.10 Å². The van der Waals surface area contributed by atoms with Crippen LogP contribution in [0.3, 0.4) is 0 Å². The molecule has 1 N–H and O–H groups in total. The van der Waals surface area contributed by atoms with Gasteiger partial charge in [0, 0.05) is 19.3 Å². The first-order valence-corrected chi connectivity index (χ1v) is 5.24. The van der Waals surface area contributed by atoms with Crippen LogP contribution in [0.15, 0.2) is 18.3 Å². The molecular weight excluding hydrogens is 192 g/mol. The summed E-state index contributed by atoms with van der Waals surface area (Å²) in [5, 5.41) is 9.35.